The van der Waals surface area contributed by atoms with Gasteiger partial charge in [-0.15, -0.1) is 0 Å². The van der Waals surface area contributed by atoms with E-state index in [1.807, 2.05) is 74.2 Å². The van der Waals surface area contributed by atoms with Crippen molar-refractivity contribution < 1.29 is 9.59 Å². The number of aryl methyl sites for hydroxylation is 2. The predicted molar refractivity (Wildman–Crippen MR) is 118 cm³/mol. The molecule has 2 aromatic carbocycles. The molecule has 3 rings (SSSR count). The molecule has 29 heavy (non-hydrogen) atoms. The Hall–Kier alpha value is -2.66. The molecular formula is C24H31N3O2. The maximum absolute atomic E-state index is 12.8. The number of para-hydroxylation sites is 2. The van der Waals surface area contributed by atoms with Crippen LogP contribution in [0.25, 0.3) is 0 Å². The summed E-state index contributed by atoms with van der Waals surface area (Å²) in [6.07, 6.45) is 2.61. The van der Waals surface area contributed by atoms with Crippen LogP contribution >= 0.6 is 0 Å². The van der Waals surface area contributed by atoms with E-state index < -0.39 is 0 Å². The lowest BCUT2D eigenvalue weighted by molar-refractivity contribution is -0.120. The average molecular weight is 394 g/mol. The van der Waals surface area contributed by atoms with Gasteiger partial charge in [0.15, 0.2) is 0 Å². The number of rotatable bonds is 9. The summed E-state index contributed by atoms with van der Waals surface area (Å²) < 4.78 is 0. The van der Waals surface area contributed by atoms with E-state index in [0.29, 0.717) is 32.1 Å². The first-order valence-electron chi connectivity index (χ1n) is 10.4. The topological polar surface area (TPSA) is 52.7 Å². The summed E-state index contributed by atoms with van der Waals surface area (Å²) in [4.78, 5) is 29.4. The Kier molecular flexibility index (Phi) is 7.04. The molecule has 2 amide bonds. The summed E-state index contributed by atoms with van der Waals surface area (Å²) >= 11 is 0. The van der Waals surface area contributed by atoms with Crippen molar-refractivity contribution in [3.8, 4) is 0 Å². The van der Waals surface area contributed by atoms with Crippen LogP contribution in [0.3, 0.4) is 0 Å². The lowest BCUT2D eigenvalue weighted by atomic mass is 10.1. The van der Waals surface area contributed by atoms with Crippen LogP contribution in [0.2, 0.25) is 0 Å². The second kappa shape index (κ2) is 9.70. The fourth-order valence-corrected chi connectivity index (χ4v) is 3.69. The quantitative estimate of drug-likeness (QED) is 0.696. The molecule has 2 aromatic rings. The van der Waals surface area contributed by atoms with Gasteiger partial charge >= 0.3 is 0 Å². The van der Waals surface area contributed by atoms with Crippen molar-refractivity contribution in [2.45, 2.75) is 46.1 Å². The summed E-state index contributed by atoms with van der Waals surface area (Å²) in [5.41, 5.74) is 3.94. The molecule has 0 spiro atoms. The predicted octanol–water partition coefficient (Wildman–Crippen LogP) is 4.15. The van der Waals surface area contributed by atoms with E-state index in [0.717, 1.165) is 35.3 Å². The first-order chi connectivity index (χ1) is 14.0. The summed E-state index contributed by atoms with van der Waals surface area (Å²) in [5.74, 6) is 0.0802. The molecule has 154 valence electrons. The van der Waals surface area contributed by atoms with Crippen molar-refractivity contribution in [2.75, 3.05) is 29.9 Å². The summed E-state index contributed by atoms with van der Waals surface area (Å²) in [5, 5.41) is 3.06. The van der Waals surface area contributed by atoms with Crippen LogP contribution in [0.15, 0.2) is 48.5 Å². The van der Waals surface area contributed by atoms with Gasteiger partial charge in [-0.25, -0.2) is 0 Å². The average Bonchev–Trinajstić information content (AvgIpc) is 3.55. The summed E-state index contributed by atoms with van der Waals surface area (Å²) in [6, 6.07) is 16.2. The highest BCUT2D eigenvalue weighted by Crippen LogP contribution is 2.27. The number of benzene rings is 2. The minimum Gasteiger partial charge on any atom is -0.324 e. The zero-order chi connectivity index (χ0) is 20.8. The maximum Gasteiger partial charge on any atom is 0.238 e. The number of carbonyl (C=O) groups excluding carboxylic acids is 2. The van der Waals surface area contributed by atoms with Gasteiger partial charge < -0.3 is 10.2 Å². The van der Waals surface area contributed by atoms with Crippen LogP contribution in [0.1, 0.15) is 37.3 Å². The number of nitrogens with zero attached hydrogens (tertiary/aromatic N) is 2. The molecule has 5 heteroatoms. The van der Waals surface area contributed by atoms with Crippen LogP contribution in [0, 0.1) is 13.8 Å². The van der Waals surface area contributed by atoms with Crippen molar-refractivity contribution in [2.24, 2.45) is 0 Å². The molecule has 0 unspecified atom stereocenters. The number of hydrogen-bond donors (Lipinski definition) is 1. The second-order valence-corrected chi connectivity index (χ2v) is 7.74. The van der Waals surface area contributed by atoms with E-state index in [-0.39, 0.29) is 11.8 Å². The van der Waals surface area contributed by atoms with Crippen molar-refractivity contribution in [1.29, 1.82) is 0 Å². The Bertz CT molecular complexity index is 826. The highest BCUT2D eigenvalue weighted by molar-refractivity contribution is 5.94. The van der Waals surface area contributed by atoms with Crippen molar-refractivity contribution >= 4 is 23.2 Å². The largest absolute Gasteiger partial charge is 0.324 e. The van der Waals surface area contributed by atoms with Gasteiger partial charge in [-0.05, 0) is 56.9 Å². The van der Waals surface area contributed by atoms with Crippen LogP contribution in [-0.4, -0.2) is 42.4 Å². The molecule has 0 saturated heterocycles. The Balaban J connectivity index is 1.58. The molecule has 0 bridgehead atoms. The third kappa shape index (κ3) is 5.67. The molecule has 1 fully saturated rings. The molecule has 0 atom stereocenters. The SMILES string of the molecule is CCN(C(=O)CCN(CC(=O)Nc1c(C)cccc1C)C1CC1)c1ccccc1. The third-order valence-corrected chi connectivity index (χ3v) is 5.45. The van der Waals surface area contributed by atoms with Gasteiger partial charge in [0.2, 0.25) is 11.8 Å². The number of nitrogens with one attached hydrogen (secondary N) is 1. The van der Waals surface area contributed by atoms with E-state index in [1.165, 1.54) is 0 Å². The molecule has 5 nitrogen and oxygen atoms in total. The molecule has 1 aliphatic carbocycles. The highest BCUT2D eigenvalue weighted by Gasteiger charge is 2.31. The Labute approximate surface area is 173 Å². The van der Waals surface area contributed by atoms with Gasteiger partial charge in [-0.3, -0.25) is 14.5 Å². The summed E-state index contributed by atoms with van der Waals surface area (Å²) in [7, 11) is 0. The Morgan fingerprint density at radius 2 is 1.66 bits per heavy atom. The van der Waals surface area contributed by atoms with Crippen LogP contribution < -0.4 is 10.2 Å². The smallest absolute Gasteiger partial charge is 0.238 e. The normalized spacial score (nSPS) is 13.4. The fraction of sp³-hybridized carbons (Fsp3) is 0.417. The minimum atomic E-state index is -0.0165. The number of amides is 2. The third-order valence-electron chi connectivity index (χ3n) is 5.45. The Morgan fingerprint density at radius 1 is 1.00 bits per heavy atom. The van der Waals surface area contributed by atoms with Crippen molar-refractivity contribution in [3.05, 3.63) is 59.7 Å². The monoisotopic (exact) mass is 393 g/mol. The zero-order valence-electron chi connectivity index (χ0n) is 17.6. The molecule has 1 saturated carbocycles. The first-order valence-corrected chi connectivity index (χ1v) is 10.4. The molecule has 0 aromatic heterocycles. The van der Waals surface area contributed by atoms with Gasteiger partial charge in [0.1, 0.15) is 0 Å². The van der Waals surface area contributed by atoms with Gasteiger partial charge in [-0.1, -0.05) is 36.4 Å². The lowest BCUT2D eigenvalue weighted by Crippen LogP contribution is -2.39. The first kappa shape index (κ1) is 21.1. The number of hydrogen-bond acceptors (Lipinski definition) is 3. The molecule has 1 N–H and O–H groups in total. The second-order valence-electron chi connectivity index (χ2n) is 7.74. The Morgan fingerprint density at radius 3 is 2.24 bits per heavy atom. The van der Waals surface area contributed by atoms with Crippen molar-refractivity contribution in [3.63, 3.8) is 0 Å². The maximum atomic E-state index is 12.8. The van der Waals surface area contributed by atoms with Crippen LogP contribution in [0.4, 0.5) is 11.4 Å². The van der Waals surface area contributed by atoms with Gasteiger partial charge in [-0.2, -0.15) is 0 Å². The van der Waals surface area contributed by atoms with Crippen LogP contribution in [-0.2, 0) is 9.59 Å². The molecule has 1 aliphatic rings. The van der Waals surface area contributed by atoms with Gasteiger partial charge in [0, 0.05) is 36.9 Å². The van der Waals surface area contributed by atoms with Gasteiger partial charge in [0.25, 0.3) is 0 Å². The van der Waals surface area contributed by atoms with E-state index in [9.17, 15) is 9.59 Å². The zero-order valence-corrected chi connectivity index (χ0v) is 17.6. The number of anilines is 2. The fourth-order valence-electron chi connectivity index (χ4n) is 3.69. The lowest BCUT2D eigenvalue weighted by Gasteiger charge is -2.25. The minimum absolute atomic E-state index is 0.0165. The molecule has 0 radical (unpaired) electrons. The van der Waals surface area contributed by atoms with Crippen LogP contribution in [0.5, 0.6) is 0 Å². The highest BCUT2D eigenvalue weighted by atomic mass is 16.2. The van der Waals surface area contributed by atoms with E-state index >= 15 is 0 Å². The van der Waals surface area contributed by atoms with E-state index in [2.05, 4.69) is 10.2 Å². The summed E-state index contributed by atoms with van der Waals surface area (Å²) in [6.45, 7) is 7.56. The molecule has 0 heterocycles. The number of carbonyl (C=O) groups is 2. The van der Waals surface area contributed by atoms with E-state index in [1.54, 1.807) is 0 Å². The molecular weight excluding hydrogens is 362 g/mol. The van der Waals surface area contributed by atoms with Crippen molar-refractivity contribution in [1.82, 2.24) is 4.90 Å². The van der Waals surface area contributed by atoms with E-state index in [4.69, 9.17) is 0 Å². The van der Waals surface area contributed by atoms with Gasteiger partial charge in [0.05, 0.1) is 6.54 Å². The molecule has 0 aliphatic heterocycles. The standard InChI is InChI=1S/C24H31N3O2/c1-4-27(21-11-6-5-7-12-21)23(29)15-16-26(20-13-14-20)17-22(28)25-24-18(2)9-8-10-19(24)3/h5-12,20H,4,13-17H2,1-3H3,(H,25,28).